The fourth-order valence-electron chi connectivity index (χ4n) is 3.17. The second kappa shape index (κ2) is 10.4. The van der Waals surface area contributed by atoms with Crippen LogP contribution in [0.25, 0.3) is 0 Å². The molecule has 0 aromatic heterocycles. The minimum Gasteiger partial charge on any atom is -0.482 e. The van der Waals surface area contributed by atoms with E-state index in [2.05, 4.69) is 5.32 Å². The van der Waals surface area contributed by atoms with Crippen molar-refractivity contribution in [3.05, 3.63) is 27.2 Å². The number of halogens is 3. The summed E-state index contributed by atoms with van der Waals surface area (Å²) < 4.78 is 5.44. The number of benzene rings is 1. The van der Waals surface area contributed by atoms with Gasteiger partial charge < -0.3 is 15.0 Å². The van der Waals surface area contributed by atoms with E-state index < -0.39 is 0 Å². The molecule has 1 aliphatic heterocycles. The van der Waals surface area contributed by atoms with Crippen molar-refractivity contribution in [2.45, 2.75) is 45.6 Å². The summed E-state index contributed by atoms with van der Waals surface area (Å²) >= 11 is 17.8. The van der Waals surface area contributed by atoms with Crippen molar-refractivity contribution in [3.63, 3.8) is 0 Å². The summed E-state index contributed by atoms with van der Waals surface area (Å²) in [5, 5.41) is 3.88. The van der Waals surface area contributed by atoms with Crippen LogP contribution in [-0.2, 0) is 9.59 Å². The lowest BCUT2D eigenvalue weighted by Crippen LogP contribution is -2.48. The van der Waals surface area contributed by atoms with Crippen molar-refractivity contribution in [3.8, 4) is 5.75 Å². The summed E-state index contributed by atoms with van der Waals surface area (Å²) in [6.45, 7) is 5.25. The van der Waals surface area contributed by atoms with E-state index in [0.29, 0.717) is 33.9 Å². The Labute approximate surface area is 175 Å². The Morgan fingerprint density at radius 3 is 2.30 bits per heavy atom. The number of amides is 2. The van der Waals surface area contributed by atoms with Crippen LogP contribution in [0.2, 0.25) is 15.1 Å². The minimum absolute atomic E-state index is 0.0381. The molecule has 1 N–H and O–H groups in total. The number of piperidine rings is 1. The molecule has 0 aliphatic carbocycles. The monoisotopic (exact) mass is 434 g/mol. The molecule has 1 saturated heterocycles. The highest BCUT2D eigenvalue weighted by Crippen LogP contribution is 2.33. The maximum Gasteiger partial charge on any atom is 0.258 e. The van der Waals surface area contributed by atoms with E-state index in [-0.39, 0.29) is 30.4 Å². The Morgan fingerprint density at radius 1 is 1.11 bits per heavy atom. The van der Waals surface area contributed by atoms with Crippen LogP contribution < -0.4 is 10.1 Å². The van der Waals surface area contributed by atoms with Gasteiger partial charge in [-0.15, -0.1) is 0 Å². The van der Waals surface area contributed by atoms with Crippen LogP contribution in [0.1, 0.15) is 39.5 Å². The van der Waals surface area contributed by atoms with Gasteiger partial charge in [-0.25, -0.2) is 0 Å². The largest absolute Gasteiger partial charge is 0.482 e. The van der Waals surface area contributed by atoms with Crippen LogP contribution in [0.3, 0.4) is 0 Å². The smallest absolute Gasteiger partial charge is 0.258 e. The number of nitrogens with zero attached hydrogens (tertiary/aromatic N) is 1. The van der Waals surface area contributed by atoms with E-state index in [4.69, 9.17) is 39.5 Å². The first-order valence-corrected chi connectivity index (χ1v) is 10.3. The zero-order valence-corrected chi connectivity index (χ0v) is 17.8. The summed E-state index contributed by atoms with van der Waals surface area (Å²) in [5.41, 5.74) is 0. The first-order chi connectivity index (χ1) is 12.8. The maximum absolute atomic E-state index is 12.4. The van der Waals surface area contributed by atoms with Crippen molar-refractivity contribution in [2.24, 2.45) is 5.92 Å². The van der Waals surface area contributed by atoms with Crippen LogP contribution >= 0.6 is 34.8 Å². The first-order valence-electron chi connectivity index (χ1n) is 9.21. The molecule has 0 unspecified atom stereocenters. The topological polar surface area (TPSA) is 58.6 Å². The molecule has 27 heavy (non-hydrogen) atoms. The lowest BCUT2D eigenvalue weighted by atomic mass is 9.98. The highest BCUT2D eigenvalue weighted by molar-refractivity contribution is 6.43. The van der Waals surface area contributed by atoms with Crippen molar-refractivity contribution >= 4 is 46.6 Å². The summed E-state index contributed by atoms with van der Waals surface area (Å²) in [7, 11) is 0. The van der Waals surface area contributed by atoms with E-state index in [1.807, 2.05) is 18.7 Å². The molecule has 150 valence electrons. The molecule has 8 heteroatoms. The second-order valence-electron chi connectivity index (χ2n) is 6.67. The van der Waals surface area contributed by atoms with Gasteiger partial charge in [0.05, 0.1) is 15.1 Å². The SMILES string of the molecule is CCC(CC)C(=O)N1CCC(NC(=O)COc2cc(Cl)c(Cl)cc2Cl)CC1. The molecule has 2 amide bonds. The van der Waals surface area contributed by atoms with Gasteiger partial charge in [-0.3, -0.25) is 9.59 Å². The number of carbonyl (C=O) groups is 2. The normalized spacial score (nSPS) is 15.1. The first kappa shape index (κ1) is 22.1. The summed E-state index contributed by atoms with van der Waals surface area (Å²) in [6, 6.07) is 3.00. The lowest BCUT2D eigenvalue weighted by Gasteiger charge is -2.34. The van der Waals surface area contributed by atoms with Crippen molar-refractivity contribution < 1.29 is 14.3 Å². The van der Waals surface area contributed by atoms with E-state index in [1.54, 1.807) is 0 Å². The van der Waals surface area contributed by atoms with Gasteiger partial charge in [0.2, 0.25) is 5.91 Å². The number of carbonyl (C=O) groups excluding carboxylic acids is 2. The molecule has 0 bridgehead atoms. The van der Waals surface area contributed by atoms with Gasteiger partial charge in [0.1, 0.15) is 5.75 Å². The van der Waals surface area contributed by atoms with Gasteiger partial charge in [-0.2, -0.15) is 0 Å². The number of nitrogens with one attached hydrogen (secondary N) is 1. The third kappa shape index (κ3) is 6.16. The molecular weight excluding hydrogens is 411 g/mol. The van der Waals surface area contributed by atoms with Crippen LogP contribution in [-0.4, -0.2) is 42.5 Å². The number of hydrogen-bond donors (Lipinski definition) is 1. The molecule has 1 fully saturated rings. The van der Waals surface area contributed by atoms with Crippen molar-refractivity contribution in [1.29, 1.82) is 0 Å². The van der Waals surface area contributed by atoms with Gasteiger partial charge in [0, 0.05) is 31.1 Å². The second-order valence-corrected chi connectivity index (χ2v) is 7.89. The highest BCUT2D eigenvalue weighted by atomic mass is 35.5. The van der Waals surface area contributed by atoms with Crippen molar-refractivity contribution in [1.82, 2.24) is 10.2 Å². The molecule has 0 radical (unpaired) electrons. The molecular formula is C19H25Cl3N2O3. The zero-order chi connectivity index (χ0) is 20.0. The van der Waals surface area contributed by atoms with Crippen LogP contribution in [0.15, 0.2) is 12.1 Å². The van der Waals surface area contributed by atoms with Crippen LogP contribution in [0.4, 0.5) is 0 Å². The third-order valence-corrected chi connectivity index (χ3v) is 5.86. The Bertz CT molecular complexity index is 672. The third-order valence-electron chi connectivity index (χ3n) is 4.84. The van der Waals surface area contributed by atoms with E-state index in [1.165, 1.54) is 12.1 Å². The average Bonchev–Trinajstić information content (AvgIpc) is 2.65. The number of likely N-dealkylation sites (tertiary alicyclic amines) is 1. The predicted molar refractivity (Wildman–Crippen MR) is 109 cm³/mol. The molecule has 1 heterocycles. The number of ether oxygens (including phenoxy) is 1. The predicted octanol–water partition coefficient (Wildman–Crippen LogP) is 4.57. The standard InChI is InChI=1S/C19H25Cl3N2O3/c1-3-12(4-2)19(26)24-7-5-13(6-8-24)23-18(25)11-27-17-10-15(21)14(20)9-16(17)22/h9-10,12-13H,3-8,11H2,1-2H3,(H,23,25). The highest BCUT2D eigenvalue weighted by Gasteiger charge is 2.27. The molecule has 1 aromatic rings. The Kier molecular flexibility index (Phi) is 8.52. The maximum atomic E-state index is 12.4. The molecule has 0 spiro atoms. The Morgan fingerprint density at radius 2 is 1.70 bits per heavy atom. The van der Waals surface area contributed by atoms with Gasteiger partial charge in [0.25, 0.3) is 5.91 Å². The summed E-state index contributed by atoms with van der Waals surface area (Å²) in [6.07, 6.45) is 3.21. The van der Waals surface area contributed by atoms with Crippen LogP contribution in [0.5, 0.6) is 5.75 Å². The van der Waals surface area contributed by atoms with Gasteiger partial charge in [0.15, 0.2) is 6.61 Å². The van der Waals surface area contributed by atoms with Crippen LogP contribution in [0, 0.1) is 5.92 Å². The summed E-state index contributed by atoms with van der Waals surface area (Å²) in [5.74, 6) is 0.400. The molecule has 0 saturated carbocycles. The quantitative estimate of drug-likeness (QED) is 0.638. The zero-order valence-electron chi connectivity index (χ0n) is 15.6. The fourth-order valence-corrected chi connectivity index (χ4v) is 3.76. The van der Waals surface area contributed by atoms with Gasteiger partial charge >= 0.3 is 0 Å². The average molecular weight is 436 g/mol. The van der Waals surface area contributed by atoms with Gasteiger partial charge in [-0.1, -0.05) is 48.7 Å². The molecule has 2 rings (SSSR count). The van der Waals surface area contributed by atoms with E-state index in [9.17, 15) is 9.59 Å². The van der Waals surface area contributed by atoms with E-state index in [0.717, 1.165) is 25.7 Å². The Hall–Kier alpha value is -1.17. The molecule has 1 aromatic carbocycles. The van der Waals surface area contributed by atoms with Gasteiger partial charge in [-0.05, 0) is 31.7 Å². The summed E-state index contributed by atoms with van der Waals surface area (Å²) in [4.78, 5) is 26.5. The van der Waals surface area contributed by atoms with Crippen molar-refractivity contribution in [2.75, 3.05) is 19.7 Å². The molecule has 1 aliphatic rings. The lowest BCUT2D eigenvalue weighted by molar-refractivity contribution is -0.137. The number of hydrogen-bond acceptors (Lipinski definition) is 3. The molecule has 0 atom stereocenters. The minimum atomic E-state index is -0.234. The number of rotatable bonds is 7. The Balaban J connectivity index is 1.78. The molecule has 5 nitrogen and oxygen atoms in total. The van der Waals surface area contributed by atoms with E-state index >= 15 is 0 Å². The fraction of sp³-hybridized carbons (Fsp3) is 0.579.